The molecule has 1 aromatic heterocycles. The number of thiazole rings is 1. The number of urea groups is 1. The quantitative estimate of drug-likeness (QED) is 0.529. The molecule has 1 saturated heterocycles. The SMILES string of the molecule is O=C(Nc1ccc(Cl)cc1)Nc1nc(CC(=O)N2CCN(c3cccc(Cl)c3)CC2)cs1. The number of rotatable bonds is 5. The lowest BCUT2D eigenvalue weighted by atomic mass is 10.2. The highest BCUT2D eigenvalue weighted by atomic mass is 35.5. The van der Waals surface area contributed by atoms with Crippen LogP contribution in [0.2, 0.25) is 10.0 Å². The van der Waals surface area contributed by atoms with Crippen molar-refractivity contribution in [1.29, 1.82) is 0 Å². The van der Waals surface area contributed by atoms with E-state index in [0.29, 0.717) is 39.6 Å². The van der Waals surface area contributed by atoms with Crippen molar-refractivity contribution in [2.24, 2.45) is 0 Å². The molecule has 0 saturated carbocycles. The second kappa shape index (κ2) is 10.2. The van der Waals surface area contributed by atoms with Gasteiger partial charge in [-0.3, -0.25) is 10.1 Å². The number of nitrogens with one attached hydrogen (secondary N) is 2. The molecule has 32 heavy (non-hydrogen) atoms. The predicted octanol–water partition coefficient (Wildman–Crippen LogP) is 4.99. The van der Waals surface area contributed by atoms with Crippen LogP contribution in [0.4, 0.5) is 21.3 Å². The number of carbonyl (C=O) groups is 2. The highest BCUT2D eigenvalue weighted by Crippen LogP contribution is 2.22. The molecular formula is C22H21Cl2N5O2S. The molecule has 2 N–H and O–H groups in total. The van der Waals surface area contributed by atoms with Crippen molar-refractivity contribution >= 4 is 63.0 Å². The van der Waals surface area contributed by atoms with Gasteiger partial charge >= 0.3 is 6.03 Å². The highest BCUT2D eigenvalue weighted by molar-refractivity contribution is 7.14. The average Bonchev–Trinajstić information content (AvgIpc) is 3.22. The Bertz CT molecular complexity index is 1100. The number of benzene rings is 2. The predicted molar refractivity (Wildman–Crippen MR) is 130 cm³/mol. The van der Waals surface area contributed by atoms with Crippen LogP contribution in [0.1, 0.15) is 5.69 Å². The Labute approximate surface area is 200 Å². The number of anilines is 3. The molecule has 166 valence electrons. The summed E-state index contributed by atoms with van der Waals surface area (Å²) in [6, 6.07) is 14.1. The molecule has 2 heterocycles. The minimum atomic E-state index is -0.406. The van der Waals surface area contributed by atoms with E-state index in [0.717, 1.165) is 18.8 Å². The van der Waals surface area contributed by atoms with Gasteiger partial charge in [-0.05, 0) is 42.5 Å². The van der Waals surface area contributed by atoms with E-state index in [1.165, 1.54) is 11.3 Å². The summed E-state index contributed by atoms with van der Waals surface area (Å²) < 4.78 is 0. The van der Waals surface area contributed by atoms with E-state index in [-0.39, 0.29) is 12.3 Å². The third-order valence-corrected chi connectivity index (χ3v) is 6.31. The van der Waals surface area contributed by atoms with Crippen LogP contribution in [0.5, 0.6) is 0 Å². The normalized spacial score (nSPS) is 13.7. The molecule has 0 radical (unpaired) electrons. The topological polar surface area (TPSA) is 77.6 Å². The molecule has 0 aliphatic carbocycles. The van der Waals surface area contributed by atoms with E-state index in [9.17, 15) is 9.59 Å². The zero-order valence-corrected chi connectivity index (χ0v) is 19.4. The van der Waals surface area contributed by atoms with Crippen molar-refractivity contribution in [3.63, 3.8) is 0 Å². The van der Waals surface area contributed by atoms with Gasteiger partial charge in [0.25, 0.3) is 0 Å². The molecule has 0 bridgehead atoms. The molecular weight excluding hydrogens is 469 g/mol. The number of carbonyl (C=O) groups excluding carboxylic acids is 2. The van der Waals surface area contributed by atoms with E-state index < -0.39 is 6.03 Å². The molecule has 10 heteroatoms. The van der Waals surface area contributed by atoms with Crippen LogP contribution >= 0.6 is 34.5 Å². The summed E-state index contributed by atoms with van der Waals surface area (Å²) >= 11 is 13.2. The molecule has 4 rings (SSSR count). The van der Waals surface area contributed by atoms with E-state index >= 15 is 0 Å². The first-order chi connectivity index (χ1) is 15.5. The molecule has 3 amide bonds. The maximum atomic E-state index is 12.7. The third-order valence-electron chi connectivity index (χ3n) is 5.01. The number of amides is 3. The van der Waals surface area contributed by atoms with E-state index in [1.54, 1.807) is 29.6 Å². The monoisotopic (exact) mass is 489 g/mol. The van der Waals surface area contributed by atoms with Crippen LogP contribution in [0.3, 0.4) is 0 Å². The van der Waals surface area contributed by atoms with Gasteiger partial charge < -0.3 is 15.1 Å². The Balaban J connectivity index is 1.25. The summed E-state index contributed by atoms with van der Waals surface area (Å²) in [6.45, 7) is 2.79. The second-order valence-electron chi connectivity index (χ2n) is 7.25. The lowest BCUT2D eigenvalue weighted by Gasteiger charge is -2.36. The van der Waals surface area contributed by atoms with Crippen LogP contribution in [0.25, 0.3) is 0 Å². The van der Waals surface area contributed by atoms with E-state index in [4.69, 9.17) is 23.2 Å². The molecule has 0 spiro atoms. The average molecular weight is 490 g/mol. The summed E-state index contributed by atoms with van der Waals surface area (Å²) in [7, 11) is 0. The Morgan fingerprint density at radius 3 is 2.44 bits per heavy atom. The van der Waals surface area contributed by atoms with Gasteiger partial charge in [0.15, 0.2) is 5.13 Å². The molecule has 1 aliphatic rings. The summed E-state index contributed by atoms with van der Waals surface area (Å²) in [6.07, 6.45) is 0.203. The molecule has 1 aliphatic heterocycles. The number of hydrogen-bond acceptors (Lipinski definition) is 5. The smallest absolute Gasteiger partial charge is 0.325 e. The van der Waals surface area contributed by atoms with Gasteiger partial charge in [0.1, 0.15) is 0 Å². The number of piperazine rings is 1. The first-order valence-electron chi connectivity index (χ1n) is 10.0. The van der Waals surface area contributed by atoms with Crippen molar-refractivity contribution in [3.8, 4) is 0 Å². The summed E-state index contributed by atoms with van der Waals surface area (Å²) in [4.78, 5) is 33.3. The van der Waals surface area contributed by atoms with E-state index in [2.05, 4.69) is 20.5 Å². The van der Waals surface area contributed by atoms with Crippen molar-refractivity contribution in [2.75, 3.05) is 41.7 Å². The Morgan fingerprint density at radius 1 is 0.969 bits per heavy atom. The molecule has 0 atom stereocenters. The number of halogens is 2. The maximum absolute atomic E-state index is 12.7. The Hall–Kier alpha value is -2.81. The van der Waals surface area contributed by atoms with Crippen molar-refractivity contribution in [2.45, 2.75) is 6.42 Å². The van der Waals surface area contributed by atoms with Crippen LogP contribution in [0, 0.1) is 0 Å². The minimum Gasteiger partial charge on any atom is -0.368 e. The van der Waals surface area contributed by atoms with Gasteiger partial charge in [-0.2, -0.15) is 0 Å². The van der Waals surface area contributed by atoms with Gasteiger partial charge in [0, 0.05) is 53.0 Å². The van der Waals surface area contributed by atoms with Crippen LogP contribution in [-0.4, -0.2) is 48.0 Å². The zero-order chi connectivity index (χ0) is 22.5. The Kier molecular flexibility index (Phi) is 7.14. The van der Waals surface area contributed by atoms with Crippen molar-refractivity contribution < 1.29 is 9.59 Å². The summed E-state index contributed by atoms with van der Waals surface area (Å²) in [5.41, 5.74) is 2.33. The first kappa shape index (κ1) is 22.4. The van der Waals surface area contributed by atoms with Gasteiger partial charge in [-0.15, -0.1) is 11.3 Å². The fraction of sp³-hybridized carbons (Fsp3) is 0.227. The minimum absolute atomic E-state index is 0.0261. The summed E-state index contributed by atoms with van der Waals surface area (Å²) in [5.74, 6) is 0.0261. The number of aromatic nitrogens is 1. The van der Waals surface area contributed by atoms with Gasteiger partial charge in [-0.1, -0.05) is 29.3 Å². The summed E-state index contributed by atoms with van der Waals surface area (Å²) in [5, 5.41) is 8.92. The second-order valence-corrected chi connectivity index (χ2v) is 8.99. The molecule has 1 fully saturated rings. The Morgan fingerprint density at radius 2 is 1.72 bits per heavy atom. The largest absolute Gasteiger partial charge is 0.368 e. The first-order valence-corrected chi connectivity index (χ1v) is 11.7. The van der Waals surface area contributed by atoms with Crippen molar-refractivity contribution in [3.05, 3.63) is 69.7 Å². The zero-order valence-electron chi connectivity index (χ0n) is 17.1. The molecule has 7 nitrogen and oxygen atoms in total. The van der Waals surface area contributed by atoms with Crippen LogP contribution < -0.4 is 15.5 Å². The molecule has 3 aromatic rings. The third kappa shape index (κ3) is 5.91. The van der Waals surface area contributed by atoms with E-state index in [1.807, 2.05) is 29.2 Å². The standard InChI is InChI=1S/C22H21Cl2N5O2S/c23-15-4-6-17(7-5-15)25-21(31)27-22-26-18(14-32-22)13-20(30)29-10-8-28(9-11-29)19-3-1-2-16(24)12-19/h1-7,12,14H,8-11,13H2,(H2,25,26,27,31). The van der Waals surface area contributed by atoms with Crippen LogP contribution in [-0.2, 0) is 11.2 Å². The lowest BCUT2D eigenvalue weighted by Crippen LogP contribution is -2.49. The van der Waals surface area contributed by atoms with Crippen molar-refractivity contribution in [1.82, 2.24) is 9.88 Å². The lowest BCUT2D eigenvalue weighted by molar-refractivity contribution is -0.130. The van der Waals surface area contributed by atoms with Gasteiger partial charge in [0.05, 0.1) is 12.1 Å². The van der Waals surface area contributed by atoms with Gasteiger partial charge in [-0.25, -0.2) is 9.78 Å². The molecule has 0 unspecified atom stereocenters. The number of hydrogen-bond donors (Lipinski definition) is 2. The molecule has 2 aromatic carbocycles. The van der Waals surface area contributed by atoms with Gasteiger partial charge in [0.2, 0.25) is 5.91 Å². The fourth-order valence-electron chi connectivity index (χ4n) is 3.39. The van der Waals surface area contributed by atoms with Crippen LogP contribution in [0.15, 0.2) is 53.9 Å². The highest BCUT2D eigenvalue weighted by Gasteiger charge is 2.22. The maximum Gasteiger partial charge on any atom is 0.325 e. The fourth-order valence-corrected chi connectivity index (χ4v) is 4.41. The number of nitrogens with zero attached hydrogens (tertiary/aromatic N) is 3.